The van der Waals surface area contributed by atoms with Gasteiger partial charge in [0.15, 0.2) is 6.10 Å². The summed E-state index contributed by atoms with van der Waals surface area (Å²) in [6.45, 7) is 1.88. The molecule has 2 rings (SSSR count). The van der Waals surface area contributed by atoms with Gasteiger partial charge in [0.05, 0.1) is 32.7 Å². The summed E-state index contributed by atoms with van der Waals surface area (Å²) < 4.78 is 38.7. The Kier molecular flexibility index (Phi) is 21.8. The third-order valence-corrected chi connectivity index (χ3v) is 9.64. The van der Waals surface area contributed by atoms with E-state index >= 15 is 0 Å². The van der Waals surface area contributed by atoms with Crippen LogP contribution in [-0.4, -0.2) is 90.2 Å². The van der Waals surface area contributed by atoms with E-state index in [4.69, 9.17) is 23.2 Å². The second kappa shape index (κ2) is 25.1. The molecule has 15 nitrogen and oxygen atoms in total. The van der Waals surface area contributed by atoms with Gasteiger partial charge in [0.2, 0.25) is 5.52 Å². The lowest BCUT2D eigenvalue weighted by atomic mass is 10.0. The van der Waals surface area contributed by atoms with Gasteiger partial charge >= 0.3 is 25.4 Å². The van der Waals surface area contributed by atoms with Crippen LogP contribution in [0, 0.1) is 10.1 Å². The molecule has 0 saturated heterocycles. The highest BCUT2D eigenvalue weighted by atomic mass is 31.2. The third kappa shape index (κ3) is 20.3. The Bertz CT molecular complexity index is 1380. The highest BCUT2D eigenvalue weighted by Gasteiger charge is 2.27. The molecule has 0 aliphatic carbocycles. The van der Waals surface area contributed by atoms with Gasteiger partial charge in [-0.15, -0.1) is 0 Å². The number of nitrogens with zero attached hydrogens (tertiary/aromatic N) is 4. The summed E-state index contributed by atoms with van der Waals surface area (Å²) in [6.07, 6.45) is 17.1. The minimum atomic E-state index is -4.44. The molecule has 0 aliphatic rings. The summed E-state index contributed by atoms with van der Waals surface area (Å²) in [5, 5.41) is 18.7. The maximum atomic E-state index is 12.7. The Hall–Kier alpha value is -2.97. The number of non-ortho nitro benzene ring substituents is 1. The molecule has 2 atom stereocenters. The van der Waals surface area contributed by atoms with Gasteiger partial charge in [-0.3, -0.25) is 28.8 Å². The number of nitro benzene ring substituents is 1. The number of quaternary nitrogens is 1. The van der Waals surface area contributed by atoms with Crippen molar-refractivity contribution in [3.63, 3.8) is 0 Å². The predicted molar refractivity (Wildman–Crippen MR) is 196 cm³/mol. The van der Waals surface area contributed by atoms with Crippen LogP contribution in [0.25, 0.3) is 11.0 Å². The number of benzene rings is 1. The molecule has 0 bridgehead atoms. The molecule has 0 aliphatic heterocycles. The van der Waals surface area contributed by atoms with Crippen molar-refractivity contribution in [3.8, 4) is 0 Å². The first-order valence-electron chi connectivity index (χ1n) is 19.0. The molecule has 0 fully saturated rings. The number of aromatic nitrogens is 2. The average molecular weight is 758 g/mol. The normalized spacial score (nSPS) is 13.6. The van der Waals surface area contributed by atoms with Crippen molar-refractivity contribution in [1.82, 2.24) is 10.3 Å². The van der Waals surface area contributed by atoms with E-state index in [-0.39, 0.29) is 37.3 Å². The molecule has 296 valence electrons. The first kappa shape index (κ1) is 45.2. The molecule has 0 radical (unpaired) electrons. The number of phosphoric acid groups is 1. The smallest absolute Gasteiger partial charge is 0.462 e. The summed E-state index contributed by atoms with van der Waals surface area (Å²) in [5.41, 5.74) is 0.998. The molecule has 52 heavy (non-hydrogen) atoms. The van der Waals surface area contributed by atoms with Crippen molar-refractivity contribution in [2.45, 2.75) is 135 Å². The van der Waals surface area contributed by atoms with Crippen LogP contribution in [0.4, 0.5) is 5.69 Å². The van der Waals surface area contributed by atoms with Crippen LogP contribution in [0.2, 0.25) is 0 Å². The number of hydrogen-bond acceptors (Lipinski definition) is 12. The quantitative estimate of drug-likeness (QED) is 0.0194. The second-order valence-corrected chi connectivity index (χ2v) is 15.9. The number of fused-ring (bicyclic) bond motifs is 1. The predicted octanol–water partition coefficient (Wildman–Crippen LogP) is 8.01. The largest absolute Gasteiger partial charge is 0.472 e. The van der Waals surface area contributed by atoms with E-state index in [0.717, 1.165) is 24.8 Å². The zero-order valence-electron chi connectivity index (χ0n) is 31.8. The van der Waals surface area contributed by atoms with Crippen LogP contribution in [0.3, 0.4) is 0 Å². The number of hydrogen-bond donors (Lipinski definition) is 1. The minimum Gasteiger partial charge on any atom is -0.462 e. The van der Waals surface area contributed by atoms with E-state index in [0.29, 0.717) is 48.6 Å². The highest BCUT2D eigenvalue weighted by molar-refractivity contribution is 7.47. The Morgan fingerprint density at radius 3 is 1.98 bits per heavy atom. The first-order chi connectivity index (χ1) is 24.8. The molecule has 1 aromatic heterocycles. The fraction of sp³-hybridized carbons (Fsp3) is 0.778. The monoisotopic (exact) mass is 757 g/mol. The molecule has 1 aromatic carbocycles. The van der Waals surface area contributed by atoms with Crippen molar-refractivity contribution in [1.29, 1.82) is 0 Å². The van der Waals surface area contributed by atoms with Gasteiger partial charge in [-0.25, -0.2) is 9.19 Å². The zero-order chi connectivity index (χ0) is 38.2. The fourth-order valence-electron chi connectivity index (χ4n) is 5.57. The summed E-state index contributed by atoms with van der Waals surface area (Å²) in [4.78, 5) is 46.0. The van der Waals surface area contributed by atoms with Crippen molar-refractivity contribution in [2.75, 3.05) is 47.5 Å². The van der Waals surface area contributed by atoms with Crippen LogP contribution < -0.4 is 0 Å². The number of phosphoric ester groups is 1. The topological polar surface area (TPSA) is 190 Å². The summed E-state index contributed by atoms with van der Waals surface area (Å²) in [7, 11) is 1.30. The van der Waals surface area contributed by atoms with Crippen molar-refractivity contribution in [3.05, 3.63) is 27.8 Å². The van der Waals surface area contributed by atoms with E-state index in [1.807, 2.05) is 21.1 Å². The van der Waals surface area contributed by atoms with E-state index in [2.05, 4.69) is 17.2 Å². The molecule has 1 heterocycles. The van der Waals surface area contributed by atoms with Crippen LogP contribution >= 0.6 is 7.82 Å². The Labute approximate surface area is 308 Å². The molecule has 16 heteroatoms. The molecular formula is C36H62N4O11P+. The lowest BCUT2D eigenvalue weighted by molar-refractivity contribution is -0.870. The number of carbonyl (C=O) groups is 2. The van der Waals surface area contributed by atoms with Gasteiger partial charge in [0, 0.05) is 18.9 Å². The van der Waals surface area contributed by atoms with Gasteiger partial charge in [-0.05, 0) is 47.6 Å². The number of likely N-dealkylation sites (N-methyl/N-ethyl adjacent to an activating group) is 1. The van der Waals surface area contributed by atoms with E-state index in [9.17, 15) is 29.2 Å². The van der Waals surface area contributed by atoms with Gasteiger partial charge in [0.1, 0.15) is 25.3 Å². The van der Waals surface area contributed by atoms with Crippen LogP contribution in [0.5, 0.6) is 0 Å². The molecule has 2 aromatic rings. The molecule has 0 spiro atoms. The number of unbranched alkanes of at least 4 members (excludes halogenated alkanes) is 14. The maximum Gasteiger partial charge on any atom is 0.472 e. The van der Waals surface area contributed by atoms with Crippen LogP contribution in [0.1, 0.15) is 128 Å². The van der Waals surface area contributed by atoms with E-state index in [1.165, 1.54) is 63.9 Å². The summed E-state index contributed by atoms with van der Waals surface area (Å²) in [6, 6.07) is 2.99. The molecule has 1 N–H and O–H groups in total. The molecule has 0 saturated carbocycles. The number of aryl methyl sites for hydroxylation is 1. The fourth-order valence-corrected chi connectivity index (χ4v) is 6.31. The SMILES string of the molecule is CCCCCCCCCCCCCCCC(=O)OC[C@H](COP(=O)(O)OCC[N+](C)(C)C)OC(=O)CCCCCc1ccc([N+](=O)[O-])c2nonc12. The Morgan fingerprint density at radius 1 is 0.827 bits per heavy atom. The summed E-state index contributed by atoms with van der Waals surface area (Å²) in [5.74, 6) is -1.00. The number of carbonyl (C=O) groups excluding carboxylic acids is 2. The Morgan fingerprint density at radius 2 is 1.38 bits per heavy atom. The number of ether oxygens (including phenoxy) is 2. The maximum absolute atomic E-state index is 12.7. The van der Waals surface area contributed by atoms with Crippen LogP contribution in [0.15, 0.2) is 16.8 Å². The molecular weight excluding hydrogens is 695 g/mol. The lowest BCUT2D eigenvalue weighted by Crippen LogP contribution is -2.37. The van der Waals surface area contributed by atoms with Crippen molar-refractivity contribution in [2.24, 2.45) is 0 Å². The third-order valence-electron chi connectivity index (χ3n) is 8.65. The number of nitro groups is 1. The molecule has 1 unspecified atom stereocenters. The highest BCUT2D eigenvalue weighted by Crippen LogP contribution is 2.43. The Balaban J connectivity index is 1.74. The van der Waals surface area contributed by atoms with Gasteiger partial charge in [0.25, 0.3) is 0 Å². The second-order valence-electron chi connectivity index (χ2n) is 14.4. The van der Waals surface area contributed by atoms with E-state index in [1.54, 1.807) is 6.07 Å². The van der Waals surface area contributed by atoms with E-state index < -0.39 is 37.4 Å². The lowest BCUT2D eigenvalue weighted by Gasteiger charge is -2.24. The summed E-state index contributed by atoms with van der Waals surface area (Å²) >= 11 is 0. The first-order valence-corrected chi connectivity index (χ1v) is 20.5. The van der Waals surface area contributed by atoms with Gasteiger partial charge < -0.3 is 18.9 Å². The standard InChI is InChI=1S/C36H61N4O11P/c1-5-6-7-8-9-10-11-12-13-14-15-16-19-22-33(41)47-28-31(29-49-52(45,46)48-27-26-40(2,3)4)50-34(42)23-20-17-18-21-30-24-25-32(39(43)44)36-35(30)37-51-38-36/h24-25,31H,5-23,26-29H2,1-4H3/p+1/t31-/m1/s1. The zero-order valence-corrected chi connectivity index (χ0v) is 32.7. The molecule has 0 amide bonds. The average Bonchev–Trinajstić information content (AvgIpc) is 3.57. The van der Waals surface area contributed by atoms with Crippen LogP contribution in [-0.2, 0) is 39.1 Å². The van der Waals surface area contributed by atoms with Crippen molar-refractivity contribution < 1.29 is 51.6 Å². The van der Waals surface area contributed by atoms with Gasteiger partial charge in [-0.1, -0.05) is 90.4 Å². The number of esters is 2. The minimum absolute atomic E-state index is 0.0194. The number of rotatable bonds is 31. The van der Waals surface area contributed by atoms with Gasteiger partial charge in [-0.2, -0.15) is 0 Å². The van der Waals surface area contributed by atoms with Crippen molar-refractivity contribution >= 4 is 36.5 Å².